The first-order chi connectivity index (χ1) is 11.7. The second kappa shape index (κ2) is 7.50. The van der Waals surface area contributed by atoms with E-state index in [9.17, 15) is 13.6 Å². The summed E-state index contributed by atoms with van der Waals surface area (Å²) in [5, 5.41) is 1.67. The zero-order chi connectivity index (χ0) is 18.8. The monoisotopic (exact) mass is 361 g/mol. The summed E-state index contributed by atoms with van der Waals surface area (Å²) in [5.41, 5.74) is 1.05. The van der Waals surface area contributed by atoms with Gasteiger partial charge in [0, 0.05) is 35.2 Å². The Kier molecular flexibility index (Phi) is 5.80. The average molecular weight is 361 g/mol. The summed E-state index contributed by atoms with van der Waals surface area (Å²) in [5.74, 6) is -2.37. The van der Waals surface area contributed by atoms with E-state index in [1.807, 2.05) is 24.8 Å². The van der Waals surface area contributed by atoms with Gasteiger partial charge in [0.2, 0.25) is 0 Å². The number of hydrogen-bond donors (Lipinski definition) is 0. The van der Waals surface area contributed by atoms with Crippen molar-refractivity contribution in [3.8, 4) is 0 Å². The largest absolute Gasteiger partial charge is 0.298 e. The predicted molar refractivity (Wildman–Crippen MR) is 101 cm³/mol. The summed E-state index contributed by atoms with van der Waals surface area (Å²) in [7, 11) is 1.79. The van der Waals surface area contributed by atoms with E-state index < -0.39 is 17.4 Å². The van der Waals surface area contributed by atoms with Crippen LogP contribution in [0.25, 0.3) is 0 Å². The lowest BCUT2D eigenvalue weighted by atomic mass is 9.85. The zero-order valence-electron chi connectivity index (χ0n) is 14.6. The lowest BCUT2D eigenvalue weighted by molar-refractivity contribution is 0.103. The molecule has 1 aliphatic heterocycles. The minimum absolute atomic E-state index is 0.0449. The van der Waals surface area contributed by atoms with Crippen LogP contribution in [0.1, 0.15) is 29.8 Å². The van der Waals surface area contributed by atoms with Crippen LogP contribution in [0.3, 0.4) is 0 Å². The van der Waals surface area contributed by atoms with Crippen molar-refractivity contribution < 1.29 is 13.6 Å². The molecule has 0 aromatic heterocycles. The summed E-state index contributed by atoms with van der Waals surface area (Å²) >= 11 is 5.13. The van der Waals surface area contributed by atoms with Gasteiger partial charge in [0.05, 0.1) is 0 Å². The first kappa shape index (κ1) is 19.3. The molecule has 0 radical (unpaired) electrons. The van der Waals surface area contributed by atoms with Gasteiger partial charge in [0.25, 0.3) is 0 Å². The Morgan fingerprint density at radius 3 is 2.60 bits per heavy atom. The van der Waals surface area contributed by atoms with Crippen LogP contribution in [0.4, 0.5) is 8.78 Å². The summed E-state index contributed by atoms with van der Waals surface area (Å²) in [6, 6.07) is 2.29. The molecule has 0 fully saturated rings. The summed E-state index contributed by atoms with van der Waals surface area (Å²) in [4.78, 5) is 14.4. The lowest BCUT2D eigenvalue weighted by Crippen LogP contribution is -2.29. The number of nitrogens with zero attached hydrogens (tertiary/aromatic N) is 1. The molecule has 0 saturated heterocycles. The van der Waals surface area contributed by atoms with Crippen molar-refractivity contribution in [2.75, 3.05) is 13.6 Å². The van der Waals surface area contributed by atoms with Gasteiger partial charge < -0.3 is 0 Å². The number of thiocarbonyl (C=S) groups is 1. The fourth-order valence-electron chi connectivity index (χ4n) is 2.65. The van der Waals surface area contributed by atoms with Gasteiger partial charge in [0.15, 0.2) is 17.4 Å². The number of benzene rings is 1. The maximum Gasteiger partial charge on any atom is 0.192 e. The van der Waals surface area contributed by atoms with Crippen LogP contribution in [0, 0.1) is 17.0 Å². The standard InChI is InChI=1S/C20H21F2NOS/c1-13-6-5-7-14(20(2,3)12-25)10-23(4)11-16-15(19(13)24)8-9-17(21)18(16)22/h5-9,12H,1,10-11H2,2-4H3/b6-5-,14-7+. The minimum Gasteiger partial charge on any atom is -0.298 e. The van der Waals surface area contributed by atoms with Gasteiger partial charge in [-0.3, -0.25) is 9.69 Å². The number of allylic oxidation sites excluding steroid dienone is 4. The van der Waals surface area contributed by atoms with Crippen molar-refractivity contribution >= 4 is 23.4 Å². The second-order valence-corrected chi connectivity index (χ2v) is 7.04. The molecule has 1 aromatic carbocycles. The first-order valence-corrected chi connectivity index (χ1v) is 8.37. The van der Waals surface area contributed by atoms with Crippen LogP contribution in [0.2, 0.25) is 0 Å². The molecule has 0 atom stereocenters. The van der Waals surface area contributed by atoms with E-state index in [1.165, 1.54) is 6.07 Å². The number of halogens is 2. The molecule has 2 nitrogen and oxygen atoms in total. The highest BCUT2D eigenvalue weighted by Crippen LogP contribution is 2.28. The van der Waals surface area contributed by atoms with E-state index in [2.05, 4.69) is 6.58 Å². The maximum absolute atomic E-state index is 14.4. The number of rotatable bonds is 2. The van der Waals surface area contributed by atoms with Crippen molar-refractivity contribution in [2.45, 2.75) is 20.4 Å². The molecular formula is C20H21F2NOS. The van der Waals surface area contributed by atoms with E-state index in [0.717, 1.165) is 11.6 Å². The molecule has 1 heterocycles. The highest BCUT2D eigenvalue weighted by molar-refractivity contribution is 7.79. The van der Waals surface area contributed by atoms with Crippen molar-refractivity contribution in [3.05, 3.63) is 70.8 Å². The number of fused-ring (bicyclic) bond motifs is 1. The molecule has 1 aliphatic rings. The lowest BCUT2D eigenvalue weighted by Gasteiger charge is -2.28. The molecule has 0 N–H and O–H groups in total. The molecule has 0 spiro atoms. The Labute approximate surface area is 152 Å². The SMILES string of the molecule is C=C1/C=C\C=C(\C(C)(C)C=S)CN(C)Cc2c(ccc(F)c2F)C1=O. The van der Waals surface area contributed by atoms with E-state index >= 15 is 0 Å². The summed E-state index contributed by atoms with van der Waals surface area (Å²) < 4.78 is 28.1. The number of likely N-dealkylation sites (N-methyl/N-ethyl adjacent to an activating group) is 1. The molecular weight excluding hydrogens is 340 g/mol. The maximum atomic E-state index is 14.4. The Hall–Kier alpha value is -1.98. The molecule has 2 rings (SSSR count). The summed E-state index contributed by atoms with van der Waals surface area (Å²) in [6.07, 6.45) is 5.22. The van der Waals surface area contributed by atoms with Crippen LogP contribution < -0.4 is 0 Å². The normalized spacial score (nSPS) is 20.3. The molecule has 0 saturated carbocycles. The van der Waals surface area contributed by atoms with Crippen LogP contribution in [-0.4, -0.2) is 29.6 Å². The molecule has 0 bridgehead atoms. The third-order valence-corrected chi connectivity index (χ3v) is 4.91. The van der Waals surface area contributed by atoms with E-state index in [-0.39, 0.29) is 28.7 Å². The summed E-state index contributed by atoms with van der Waals surface area (Å²) in [6.45, 7) is 8.33. The van der Waals surface area contributed by atoms with Gasteiger partial charge in [-0.25, -0.2) is 8.78 Å². The van der Waals surface area contributed by atoms with Crippen molar-refractivity contribution in [3.63, 3.8) is 0 Å². The van der Waals surface area contributed by atoms with Gasteiger partial charge in [-0.15, -0.1) is 0 Å². The Bertz CT molecular complexity index is 793. The van der Waals surface area contributed by atoms with Gasteiger partial charge in [-0.1, -0.05) is 50.9 Å². The first-order valence-electron chi connectivity index (χ1n) is 7.90. The fraction of sp³-hybridized carbons (Fsp3) is 0.300. The minimum atomic E-state index is -0.992. The van der Waals surface area contributed by atoms with Gasteiger partial charge >= 0.3 is 0 Å². The number of ketones is 1. The molecule has 132 valence electrons. The Morgan fingerprint density at radius 1 is 1.28 bits per heavy atom. The van der Waals surface area contributed by atoms with Crippen LogP contribution in [0.15, 0.2) is 48.1 Å². The second-order valence-electron chi connectivity index (χ2n) is 6.80. The Morgan fingerprint density at radius 2 is 1.96 bits per heavy atom. The average Bonchev–Trinajstić information content (AvgIpc) is 2.58. The van der Waals surface area contributed by atoms with Crippen LogP contribution in [0.5, 0.6) is 0 Å². The molecule has 1 aromatic rings. The van der Waals surface area contributed by atoms with Gasteiger partial charge in [-0.05, 0) is 30.1 Å². The predicted octanol–water partition coefficient (Wildman–Crippen LogP) is 4.66. The van der Waals surface area contributed by atoms with Gasteiger partial charge in [0.1, 0.15) is 0 Å². The molecule has 0 amide bonds. The quantitative estimate of drug-likeness (QED) is 0.565. The van der Waals surface area contributed by atoms with Crippen LogP contribution >= 0.6 is 12.2 Å². The molecule has 25 heavy (non-hydrogen) atoms. The van der Waals surface area contributed by atoms with Crippen molar-refractivity contribution in [2.24, 2.45) is 5.41 Å². The van der Waals surface area contributed by atoms with E-state index in [1.54, 1.807) is 24.6 Å². The van der Waals surface area contributed by atoms with Crippen molar-refractivity contribution in [1.82, 2.24) is 4.90 Å². The highest BCUT2D eigenvalue weighted by Gasteiger charge is 2.24. The molecule has 0 aliphatic carbocycles. The number of Topliss-reactive ketones (excluding diaryl/α,β-unsaturated/α-hetero) is 1. The highest BCUT2D eigenvalue weighted by atomic mass is 32.1. The number of hydrogen-bond acceptors (Lipinski definition) is 3. The van der Waals surface area contributed by atoms with Crippen LogP contribution in [-0.2, 0) is 6.54 Å². The fourth-order valence-corrected chi connectivity index (χ4v) is 2.80. The third-order valence-electron chi connectivity index (χ3n) is 4.32. The molecule has 0 unspecified atom stereocenters. The number of carbonyl (C=O) groups excluding carboxylic acids is 1. The van der Waals surface area contributed by atoms with Crippen molar-refractivity contribution in [1.29, 1.82) is 0 Å². The zero-order valence-corrected chi connectivity index (χ0v) is 15.4. The smallest absolute Gasteiger partial charge is 0.192 e. The third kappa shape index (κ3) is 4.17. The molecule has 5 heteroatoms. The number of carbonyl (C=O) groups is 1. The van der Waals surface area contributed by atoms with E-state index in [0.29, 0.717) is 6.54 Å². The topological polar surface area (TPSA) is 20.3 Å². The van der Waals surface area contributed by atoms with Gasteiger partial charge in [-0.2, -0.15) is 0 Å². The van der Waals surface area contributed by atoms with E-state index in [4.69, 9.17) is 12.2 Å². The Balaban J connectivity index is 2.58.